The van der Waals surface area contributed by atoms with E-state index in [9.17, 15) is 0 Å². The number of hydrogen-bond acceptors (Lipinski definition) is 5. The van der Waals surface area contributed by atoms with Gasteiger partial charge in [0.15, 0.2) is 5.82 Å². The zero-order chi connectivity index (χ0) is 17.9. The van der Waals surface area contributed by atoms with Crippen molar-refractivity contribution in [1.82, 2.24) is 15.0 Å². The van der Waals surface area contributed by atoms with E-state index in [-0.39, 0.29) is 6.10 Å². The van der Waals surface area contributed by atoms with E-state index in [0.717, 1.165) is 35.9 Å². The molecule has 1 aromatic carbocycles. The Balaban J connectivity index is 1.67. The first-order valence-corrected chi connectivity index (χ1v) is 8.90. The number of ether oxygens (including phenoxy) is 1. The number of morpholine rings is 1. The molecule has 0 saturated carbocycles. The maximum atomic E-state index is 6.00. The van der Waals surface area contributed by atoms with Crippen LogP contribution >= 0.6 is 0 Å². The summed E-state index contributed by atoms with van der Waals surface area (Å²) in [5, 5.41) is 0. The van der Waals surface area contributed by atoms with Crippen molar-refractivity contribution in [2.45, 2.75) is 20.0 Å². The number of aromatic nitrogens is 3. The van der Waals surface area contributed by atoms with Gasteiger partial charge >= 0.3 is 0 Å². The Kier molecular flexibility index (Phi) is 4.63. The molecule has 26 heavy (non-hydrogen) atoms. The van der Waals surface area contributed by atoms with Crippen LogP contribution in [0.1, 0.15) is 22.9 Å². The fourth-order valence-electron chi connectivity index (χ4n) is 3.24. The van der Waals surface area contributed by atoms with E-state index in [1.807, 2.05) is 31.2 Å². The highest BCUT2D eigenvalue weighted by Gasteiger charge is 2.25. The van der Waals surface area contributed by atoms with E-state index in [0.29, 0.717) is 12.4 Å². The molecule has 132 valence electrons. The first-order valence-electron chi connectivity index (χ1n) is 8.90. The van der Waals surface area contributed by atoms with E-state index in [2.05, 4.69) is 46.1 Å². The molecule has 0 N–H and O–H groups in total. The summed E-state index contributed by atoms with van der Waals surface area (Å²) >= 11 is 0. The van der Waals surface area contributed by atoms with Crippen LogP contribution < -0.4 is 4.90 Å². The lowest BCUT2D eigenvalue weighted by atomic mass is 10.1. The van der Waals surface area contributed by atoms with Gasteiger partial charge in [0, 0.05) is 30.5 Å². The van der Waals surface area contributed by atoms with Gasteiger partial charge in [-0.3, -0.25) is 4.98 Å². The Labute approximate surface area is 153 Å². The molecule has 4 rings (SSSR count). The van der Waals surface area contributed by atoms with Crippen LogP contribution in [0.5, 0.6) is 0 Å². The van der Waals surface area contributed by atoms with Gasteiger partial charge in [-0.1, -0.05) is 36.4 Å². The molecule has 3 aromatic rings. The second kappa shape index (κ2) is 7.22. The lowest BCUT2D eigenvalue weighted by Gasteiger charge is -2.35. The van der Waals surface area contributed by atoms with Crippen LogP contribution in [-0.2, 0) is 4.74 Å². The van der Waals surface area contributed by atoms with Gasteiger partial charge in [0.25, 0.3) is 0 Å². The Hall–Kier alpha value is -2.79. The molecule has 1 saturated heterocycles. The van der Waals surface area contributed by atoms with E-state index in [1.54, 1.807) is 6.20 Å². The predicted molar refractivity (Wildman–Crippen MR) is 102 cm³/mol. The fourth-order valence-corrected chi connectivity index (χ4v) is 3.24. The number of hydrogen-bond donors (Lipinski definition) is 0. The van der Waals surface area contributed by atoms with Gasteiger partial charge in [-0.25, -0.2) is 9.97 Å². The molecule has 3 heterocycles. The molecule has 5 nitrogen and oxygen atoms in total. The molecule has 0 spiro atoms. The Morgan fingerprint density at radius 3 is 2.58 bits per heavy atom. The van der Waals surface area contributed by atoms with E-state index in [1.165, 1.54) is 5.56 Å². The third-order valence-corrected chi connectivity index (χ3v) is 4.79. The van der Waals surface area contributed by atoms with Crippen LogP contribution in [0.3, 0.4) is 0 Å². The molecule has 0 aliphatic carbocycles. The molecule has 1 unspecified atom stereocenters. The Bertz CT molecular complexity index is 883. The second-order valence-electron chi connectivity index (χ2n) is 6.51. The minimum atomic E-state index is 0.0536. The van der Waals surface area contributed by atoms with Gasteiger partial charge in [-0.15, -0.1) is 0 Å². The molecule has 0 bridgehead atoms. The molecule has 0 amide bonds. The van der Waals surface area contributed by atoms with Crippen molar-refractivity contribution in [2.24, 2.45) is 0 Å². The van der Waals surface area contributed by atoms with Crippen molar-refractivity contribution in [3.8, 4) is 11.5 Å². The van der Waals surface area contributed by atoms with Crippen LogP contribution in [-0.4, -0.2) is 34.6 Å². The smallest absolute Gasteiger partial charge is 0.180 e. The highest BCUT2D eigenvalue weighted by atomic mass is 16.5. The van der Waals surface area contributed by atoms with Gasteiger partial charge in [-0.2, -0.15) is 0 Å². The summed E-state index contributed by atoms with van der Waals surface area (Å²) in [6.07, 6.45) is 1.83. The first-order chi connectivity index (χ1) is 12.7. The Morgan fingerprint density at radius 2 is 1.81 bits per heavy atom. The zero-order valence-corrected chi connectivity index (χ0v) is 15.1. The topological polar surface area (TPSA) is 51.1 Å². The molecule has 0 radical (unpaired) electrons. The molecule has 2 aromatic heterocycles. The number of nitrogens with zero attached hydrogens (tertiary/aromatic N) is 4. The van der Waals surface area contributed by atoms with Gasteiger partial charge in [0.05, 0.1) is 6.61 Å². The van der Waals surface area contributed by atoms with Crippen LogP contribution in [0.2, 0.25) is 0 Å². The SMILES string of the molecule is Cc1nc(-c2ccccn2)nc(N2CCOC(c3ccccc3)C2)c1C. The first kappa shape index (κ1) is 16.7. The third-order valence-electron chi connectivity index (χ3n) is 4.79. The maximum Gasteiger partial charge on any atom is 0.180 e. The maximum absolute atomic E-state index is 6.00. The predicted octanol–water partition coefficient (Wildman–Crippen LogP) is 3.73. The summed E-state index contributed by atoms with van der Waals surface area (Å²) in [7, 11) is 0. The summed E-state index contributed by atoms with van der Waals surface area (Å²) in [4.78, 5) is 16.2. The molecule has 1 atom stereocenters. The molecular weight excluding hydrogens is 324 g/mol. The van der Waals surface area contributed by atoms with Crippen LogP contribution in [0.15, 0.2) is 54.7 Å². The van der Waals surface area contributed by atoms with E-state index < -0.39 is 0 Å². The Morgan fingerprint density at radius 1 is 1.00 bits per heavy atom. The molecular formula is C21H22N4O. The number of anilines is 1. The van der Waals surface area contributed by atoms with Crippen molar-refractivity contribution in [1.29, 1.82) is 0 Å². The lowest BCUT2D eigenvalue weighted by molar-refractivity contribution is 0.0395. The van der Waals surface area contributed by atoms with Crippen molar-refractivity contribution in [2.75, 3.05) is 24.6 Å². The van der Waals surface area contributed by atoms with Crippen molar-refractivity contribution >= 4 is 5.82 Å². The average molecular weight is 346 g/mol. The molecule has 1 aliphatic rings. The summed E-state index contributed by atoms with van der Waals surface area (Å²) < 4.78 is 6.00. The van der Waals surface area contributed by atoms with Crippen molar-refractivity contribution in [3.05, 3.63) is 71.5 Å². The van der Waals surface area contributed by atoms with E-state index >= 15 is 0 Å². The summed E-state index contributed by atoms with van der Waals surface area (Å²) in [5.41, 5.74) is 4.09. The minimum absolute atomic E-state index is 0.0536. The summed E-state index contributed by atoms with van der Waals surface area (Å²) in [5.74, 6) is 1.65. The monoisotopic (exact) mass is 346 g/mol. The van der Waals surface area contributed by atoms with E-state index in [4.69, 9.17) is 9.72 Å². The normalized spacial score (nSPS) is 17.3. The highest BCUT2D eigenvalue weighted by molar-refractivity contribution is 5.57. The lowest BCUT2D eigenvalue weighted by Crippen LogP contribution is -2.39. The molecule has 1 aliphatic heterocycles. The van der Waals surface area contributed by atoms with Crippen molar-refractivity contribution < 1.29 is 4.74 Å². The number of aryl methyl sites for hydroxylation is 1. The number of pyridine rings is 1. The molecule has 1 fully saturated rings. The van der Waals surface area contributed by atoms with Crippen LogP contribution in [0, 0.1) is 13.8 Å². The van der Waals surface area contributed by atoms with Gasteiger partial charge < -0.3 is 9.64 Å². The zero-order valence-electron chi connectivity index (χ0n) is 15.1. The van der Waals surface area contributed by atoms with Gasteiger partial charge in [0.1, 0.15) is 17.6 Å². The second-order valence-corrected chi connectivity index (χ2v) is 6.51. The van der Waals surface area contributed by atoms with Crippen molar-refractivity contribution in [3.63, 3.8) is 0 Å². The summed E-state index contributed by atoms with van der Waals surface area (Å²) in [6, 6.07) is 16.2. The number of benzene rings is 1. The van der Waals surface area contributed by atoms with Gasteiger partial charge in [-0.05, 0) is 31.5 Å². The summed E-state index contributed by atoms with van der Waals surface area (Å²) in [6.45, 7) is 6.40. The molecule has 5 heteroatoms. The van der Waals surface area contributed by atoms with Gasteiger partial charge in [0.2, 0.25) is 0 Å². The third kappa shape index (κ3) is 3.30. The average Bonchev–Trinajstić information content (AvgIpc) is 2.71. The largest absolute Gasteiger partial charge is 0.370 e. The standard InChI is InChI=1S/C21H22N4O/c1-15-16(2)23-20(18-10-6-7-11-22-18)24-21(15)25-12-13-26-19(14-25)17-8-4-3-5-9-17/h3-11,19H,12-14H2,1-2H3. The fraction of sp³-hybridized carbons (Fsp3) is 0.286. The highest BCUT2D eigenvalue weighted by Crippen LogP contribution is 2.29. The van der Waals surface area contributed by atoms with Crippen LogP contribution in [0.25, 0.3) is 11.5 Å². The van der Waals surface area contributed by atoms with Crippen LogP contribution in [0.4, 0.5) is 5.82 Å². The quantitative estimate of drug-likeness (QED) is 0.723. The number of rotatable bonds is 3. The minimum Gasteiger partial charge on any atom is -0.370 e.